The van der Waals surface area contributed by atoms with E-state index in [0.717, 1.165) is 19.3 Å². The Kier molecular flexibility index (Phi) is 14.2. The predicted molar refractivity (Wildman–Crippen MR) is 118 cm³/mol. The number of hydrogen-bond donors (Lipinski definition) is 1. The quantitative estimate of drug-likeness (QED) is 0.259. The molecule has 0 aliphatic carbocycles. The van der Waals surface area contributed by atoms with Crippen molar-refractivity contribution in [1.82, 2.24) is 0 Å². The van der Waals surface area contributed by atoms with Gasteiger partial charge in [-0.15, -0.1) is 5.75 Å². The predicted octanol–water partition coefficient (Wildman–Crippen LogP) is 3.27. The minimum atomic E-state index is -4.51. The Morgan fingerprint density at radius 1 is 0.839 bits per heavy atom. The Balaban J connectivity index is 0.00000480. The first kappa shape index (κ1) is 28.6. The van der Waals surface area contributed by atoms with Gasteiger partial charge in [-0.3, -0.25) is 4.55 Å². The van der Waals surface area contributed by atoms with E-state index >= 15 is 0 Å². The third-order valence-corrected chi connectivity index (χ3v) is 6.10. The fraction of sp³-hybridized carbons (Fsp3) is 0.500. The van der Waals surface area contributed by atoms with Crippen LogP contribution in [0.25, 0.3) is 0 Å². The summed E-state index contributed by atoms with van der Waals surface area (Å²) in [6.45, 7) is 2.21. The van der Waals surface area contributed by atoms with Gasteiger partial charge in [-0.2, -0.15) is 8.42 Å². The molecule has 0 saturated heterocycles. The molecule has 0 atom stereocenters. The molecule has 0 fully saturated rings. The SMILES string of the molecule is CCCCCCCCCCCCc1c([O-])cc(Oc2ccccc2)cc1S(=O)(=O)O.[K+]. The number of rotatable bonds is 14. The Hall–Kier alpha value is -0.414. The van der Waals surface area contributed by atoms with Crippen molar-refractivity contribution in [3.8, 4) is 17.2 Å². The van der Waals surface area contributed by atoms with Crippen LogP contribution in [-0.4, -0.2) is 13.0 Å². The molecule has 7 heteroatoms. The maximum atomic E-state index is 12.5. The first-order valence-corrected chi connectivity index (χ1v) is 12.4. The van der Waals surface area contributed by atoms with Crippen molar-refractivity contribution in [2.45, 2.75) is 82.4 Å². The molecule has 2 rings (SSSR count). The van der Waals surface area contributed by atoms with Crippen molar-refractivity contribution in [2.75, 3.05) is 0 Å². The first-order chi connectivity index (χ1) is 14.4. The van der Waals surface area contributed by atoms with Crippen LogP contribution in [-0.2, 0) is 16.5 Å². The summed E-state index contributed by atoms with van der Waals surface area (Å²) < 4.78 is 38.9. The molecule has 0 heterocycles. The van der Waals surface area contributed by atoms with Crippen LogP contribution in [0.2, 0.25) is 0 Å². The van der Waals surface area contributed by atoms with Crippen LogP contribution in [0, 0.1) is 0 Å². The Morgan fingerprint density at radius 2 is 1.39 bits per heavy atom. The summed E-state index contributed by atoms with van der Waals surface area (Å²) in [5, 5.41) is 12.5. The molecule has 0 radical (unpaired) electrons. The Morgan fingerprint density at radius 3 is 1.94 bits per heavy atom. The van der Waals surface area contributed by atoms with E-state index in [0.29, 0.717) is 18.6 Å². The Labute approximate surface area is 229 Å². The van der Waals surface area contributed by atoms with Gasteiger partial charge in [-0.25, -0.2) is 0 Å². The zero-order valence-electron chi connectivity index (χ0n) is 18.8. The average Bonchev–Trinajstić information content (AvgIpc) is 2.70. The number of para-hydroxylation sites is 1. The molecule has 0 spiro atoms. The van der Waals surface area contributed by atoms with Crippen LogP contribution in [0.3, 0.4) is 0 Å². The second-order valence-electron chi connectivity index (χ2n) is 7.72. The van der Waals surface area contributed by atoms with E-state index in [1.807, 2.05) is 6.07 Å². The fourth-order valence-electron chi connectivity index (χ4n) is 3.55. The molecule has 0 aliphatic rings. The number of ether oxygens (including phenoxy) is 1. The first-order valence-electron chi connectivity index (χ1n) is 11.0. The second kappa shape index (κ2) is 15.4. The van der Waals surface area contributed by atoms with Crippen LogP contribution in [0.5, 0.6) is 17.2 Å². The van der Waals surface area contributed by atoms with Gasteiger partial charge in [-0.05, 0) is 36.6 Å². The Bertz CT molecular complexity index is 869. The van der Waals surface area contributed by atoms with Gasteiger partial charge < -0.3 is 9.84 Å². The smallest absolute Gasteiger partial charge is 0.872 e. The summed E-state index contributed by atoms with van der Waals surface area (Å²) in [5.74, 6) is 0.165. The second-order valence-corrected chi connectivity index (χ2v) is 9.11. The third-order valence-electron chi connectivity index (χ3n) is 5.18. The van der Waals surface area contributed by atoms with E-state index in [1.165, 1.54) is 50.7 Å². The van der Waals surface area contributed by atoms with Crippen LogP contribution in [0.4, 0.5) is 0 Å². The maximum Gasteiger partial charge on any atom is 1.00 e. The van der Waals surface area contributed by atoms with E-state index in [2.05, 4.69) is 6.92 Å². The zero-order valence-corrected chi connectivity index (χ0v) is 22.7. The van der Waals surface area contributed by atoms with E-state index in [9.17, 15) is 18.1 Å². The summed E-state index contributed by atoms with van der Waals surface area (Å²) in [4.78, 5) is -0.350. The van der Waals surface area contributed by atoms with E-state index < -0.39 is 15.9 Å². The molecule has 0 unspecified atom stereocenters. The molecule has 0 saturated carbocycles. The van der Waals surface area contributed by atoms with Gasteiger partial charge in [0, 0.05) is 6.07 Å². The summed E-state index contributed by atoms with van der Waals surface area (Å²) >= 11 is 0. The van der Waals surface area contributed by atoms with Gasteiger partial charge >= 0.3 is 51.4 Å². The minimum Gasteiger partial charge on any atom is -0.872 e. The van der Waals surface area contributed by atoms with Crippen LogP contribution >= 0.6 is 0 Å². The number of unbranched alkanes of at least 4 members (excludes halogenated alkanes) is 9. The van der Waals surface area contributed by atoms with Gasteiger partial charge in [0.25, 0.3) is 10.1 Å². The molecule has 0 aromatic heterocycles. The summed E-state index contributed by atoms with van der Waals surface area (Å²) in [6.07, 6.45) is 11.9. The van der Waals surface area contributed by atoms with Gasteiger partial charge in [0.1, 0.15) is 16.4 Å². The molecule has 0 bridgehead atoms. The molecule has 0 amide bonds. The molecular formula is C24H33KO5S. The molecule has 1 N–H and O–H groups in total. The zero-order chi connectivity index (χ0) is 21.8. The number of benzene rings is 2. The number of hydrogen-bond acceptors (Lipinski definition) is 4. The average molecular weight is 473 g/mol. The molecule has 2 aromatic carbocycles. The summed E-state index contributed by atoms with van der Waals surface area (Å²) in [7, 11) is -4.51. The maximum absolute atomic E-state index is 12.5. The van der Waals surface area contributed by atoms with Crippen molar-refractivity contribution < 1.29 is 74.2 Å². The molecule has 31 heavy (non-hydrogen) atoms. The minimum absolute atomic E-state index is 0. The fourth-order valence-corrected chi connectivity index (χ4v) is 4.32. The third kappa shape index (κ3) is 10.8. The normalized spacial score (nSPS) is 11.2. The summed E-state index contributed by atoms with van der Waals surface area (Å²) in [6, 6.07) is 11.3. The van der Waals surface area contributed by atoms with Crippen molar-refractivity contribution in [1.29, 1.82) is 0 Å². The van der Waals surface area contributed by atoms with E-state index in [4.69, 9.17) is 4.74 Å². The van der Waals surface area contributed by atoms with Crippen molar-refractivity contribution in [3.63, 3.8) is 0 Å². The van der Waals surface area contributed by atoms with E-state index in [-0.39, 0.29) is 67.6 Å². The van der Waals surface area contributed by atoms with Crippen molar-refractivity contribution in [3.05, 3.63) is 48.0 Å². The van der Waals surface area contributed by atoms with Crippen molar-refractivity contribution >= 4 is 10.1 Å². The van der Waals surface area contributed by atoms with Gasteiger partial charge in [-0.1, -0.05) is 82.9 Å². The monoisotopic (exact) mass is 472 g/mol. The van der Waals surface area contributed by atoms with Gasteiger partial charge in [0.15, 0.2) is 0 Å². The van der Waals surface area contributed by atoms with E-state index in [1.54, 1.807) is 24.3 Å². The topological polar surface area (TPSA) is 86.7 Å². The molecule has 5 nitrogen and oxygen atoms in total. The van der Waals surface area contributed by atoms with Crippen LogP contribution in [0.15, 0.2) is 47.4 Å². The standard InChI is InChI=1S/C24H34O5S.K/c1-2-3-4-5-6-7-8-9-10-14-17-22-23(25)18-21(19-24(22)30(26,27)28)29-20-15-12-11-13-16-20;/h11-13,15-16,18-19,25H,2-10,14,17H2,1H3,(H,26,27,28);/q;+1/p-1. The largest absolute Gasteiger partial charge is 1.00 e. The molecule has 0 aliphatic heterocycles. The van der Waals surface area contributed by atoms with Crippen LogP contribution < -0.4 is 61.2 Å². The van der Waals surface area contributed by atoms with Gasteiger partial charge in [0.05, 0.1) is 0 Å². The summed E-state index contributed by atoms with van der Waals surface area (Å²) in [5.41, 5.74) is 0.137. The van der Waals surface area contributed by atoms with Crippen molar-refractivity contribution in [2.24, 2.45) is 0 Å². The molecule has 2 aromatic rings. The molecular weight excluding hydrogens is 439 g/mol. The van der Waals surface area contributed by atoms with Crippen LogP contribution in [0.1, 0.15) is 76.7 Å². The molecule has 166 valence electrons. The van der Waals surface area contributed by atoms with Gasteiger partial charge in [0.2, 0.25) is 0 Å².